The molecule has 0 bridgehead atoms. The summed E-state index contributed by atoms with van der Waals surface area (Å²) in [6.07, 6.45) is 2.07. The highest BCUT2D eigenvalue weighted by molar-refractivity contribution is 7.08. The summed E-state index contributed by atoms with van der Waals surface area (Å²) in [5.74, 6) is 0.153. The summed E-state index contributed by atoms with van der Waals surface area (Å²) in [7, 11) is 0. The fourth-order valence-corrected chi connectivity index (χ4v) is 2.38. The Labute approximate surface area is 105 Å². The monoisotopic (exact) mass is 246 g/mol. The first-order chi connectivity index (χ1) is 8.31. The van der Waals surface area contributed by atoms with Gasteiger partial charge in [0.15, 0.2) is 5.78 Å². The minimum Gasteiger partial charge on any atom is -0.293 e. The molecule has 0 aliphatic carbocycles. The van der Waals surface area contributed by atoms with E-state index in [4.69, 9.17) is 0 Å². The lowest BCUT2D eigenvalue weighted by Crippen LogP contribution is -2.02. The van der Waals surface area contributed by atoms with Crippen LogP contribution in [0.1, 0.15) is 34.3 Å². The summed E-state index contributed by atoms with van der Waals surface area (Å²) < 4.78 is 3.84. The Bertz CT molecular complexity index is 493. The van der Waals surface area contributed by atoms with Crippen molar-refractivity contribution in [3.05, 3.63) is 46.5 Å². The first kappa shape index (κ1) is 11.9. The smallest absolute Gasteiger partial charge is 0.176 e. The van der Waals surface area contributed by atoms with E-state index in [2.05, 4.69) is 9.59 Å². The molecule has 88 valence electrons. The van der Waals surface area contributed by atoms with E-state index in [9.17, 15) is 4.79 Å². The third-order valence-corrected chi connectivity index (χ3v) is 3.44. The number of benzene rings is 1. The van der Waals surface area contributed by atoms with Gasteiger partial charge in [0.05, 0.1) is 5.69 Å². The lowest BCUT2D eigenvalue weighted by Gasteiger charge is -2.00. The lowest BCUT2D eigenvalue weighted by molar-refractivity contribution is 0.0985. The fraction of sp³-hybridized carbons (Fsp3) is 0.308. The lowest BCUT2D eigenvalue weighted by atomic mass is 10.1. The topological polar surface area (TPSA) is 42.9 Å². The molecule has 1 aromatic heterocycles. The third kappa shape index (κ3) is 2.97. The molecule has 2 aromatic rings. The Kier molecular flexibility index (Phi) is 3.98. The van der Waals surface area contributed by atoms with Gasteiger partial charge in [-0.3, -0.25) is 4.79 Å². The Balaban J connectivity index is 1.98. The number of rotatable bonds is 5. The quantitative estimate of drug-likeness (QED) is 0.762. The number of hydrogen-bond donors (Lipinski definition) is 0. The first-order valence-electron chi connectivity index (χ1n) is 5.69. The molecule has 1 heterocycles. The van der Waals surface area contributed by atoms with Crippen LogP contribution >= 0.6 is 11.5 Å². The first-order valence-corrected chi connectivity index (χ1v) is 6.47. The predicted molar refractivity (Wildman–Crippen MR) is 68.4 cm³/mol. The van der Waals surface area contributed by atoms with Gasteiger partial charge in [0.25, 0.3) is 0 Å². The number of aryl methyl sites for hydroxylation is 2. The van der Waals surface area contributed by atoms with Gasteiger partial charge in [-0.2, -0.15) is 0 Å². The summed E-state index contributed by atoms with van der Waals surface area (Å²) >= 11 is 1.21. The number of carbonyl (C=O) groups excluding carboxylic acids is 1. The van der Waals surface area contributed by atoms with Crippen molar-refractivity contribution in [1.29, 1.82) is 0 Å². The minimum absolute atomic E-state index is 0.153. The average molecular weight is 246 g/mol. The molecule has 0 spiro atoms. The van der Waals surface area contributed by atoms with Crippen LogP contribution in [0.3, 0.4) is 0 Å². The van der Waals surface area contributed by atoms with Crippen molar-refractivity contribution in [3.8, 4) is 0 Å². The molecule has 0 aliphatic rings. The van der Waals surface area contributed by atoms with Crippen molar-refractivity contribution >= 4 is 17.3 Å². The van der Waals surface area contributed by atoms with E-state index in [1.54, 1.807) is 0 Å². The Morgan fingerprint density at radius 2 is 2.06 bits per heavy atom. The summed E-state index contributed by atoms with van der Waals surface area (Å²) in [6.45, 7) is 1.99. The number of aromatic nitrogens is 2. The van der Waals surface area contributed by atoms with Crippen molar-refractivity contribution in [2.24, 2.45) is 0 Å². The molecule has 17 heavy (non-hydrogen) atoms. The van der Waals surface area contributed by atoms with Crippen LogP contribution in [0.5, 0.6) is 0 Å². The standard InChI is InChI=1S/C13H14N2OS/c1-2-11-13(17-15-14-11)12(16)9-8-10-6-4-3-5-7-10/h3-7H,2,8-9H2,1H3. The zero-order valence-corrected chi connectivity index (χ0v) is 10.5. The molecule has 0 saturated heterocycles. The molecule has 0 atom stereocenters. The van der Waals surface area contributed by atoms with Gasteiger partial charge < -0.3 is 0 Å². The highest BCUT2D eigenvalue weighted by atomic mass is 32.1. The molecular weight excluding hydrogens is 232 g/mol. The summed E-state index contributed by atoms with van der Waals surface area (Å²) in [5.41, 5.74) is 2.02. The second-order valence-electron chi connectivity index (χ2n) is 3.81. The second kappa shape index (κ2) is 5.68. The van der Waals surface area contributed by atoms with Crippen LogP contribution in [0.2, 0.25) is 0 Å². The second-order valence-corrected chi connectivity index (χ2v) is 4.57. The van der Waals surface area contributed by atoms with Crippen molar-refractivity contribution in [2.75, 3.05) is 0 Å². The zero-order valence-electron chi connectivity index (χ0n) is 9.72. The minimum atomic E-state index is 0.153. The molecule has 1 aromatic carbocycles. The van der Waals surface area contributed by atoms with Crippen molar-refractivity contribution in [2.45, 2.75) is 26.2 Å². The van der Waals surface area contributed by atoms with E-state index >= 15 is 0 Å². The number of nitrogens with zero attached hydrogens (tertiary/aromatic N) is 2. The van der Waals surface area contributed by atoms with Crippen LogP contribution in [0.25, 0.3) is 0 Å². The summed E-state index contributed by atoms with van der Waals surface area (Å²) in [5, 5.41) is 3.96. The van der Waals surface area contributed by atoms with E-state index < -0.39 is 0 Å². The van der Waals surface area contributed by atoms with Gasteiger partial charge in [0.2, 0.25) is 0 Å². The average Bonchev–Trinajstić information content (AvgIpc) is 2.85. The molecule has 0 fully saturated rings. The van der Waals surface area contributed by atoms with Crippen LogP contribution in [0.4, 0.5) is 0 Å². The normalized spacial score (nSPS) is 10.4. The molecule has 0 N–H and O–H groups in total. The molecule has 0 unspecified atom stereocenters. The molecule has 0 saturated carbocycles. The van der Waals surface area contributed by atoms with Gasteiger partial charge in [-0.1, -0.05) is 41.7 Å². The predicted octanol–water partition coefficient (Wildman–Crippen LogP) is 2.92. The van der Waals surface area contributed by atoms with Crippen LogP contribution in [0.15, 0.2) is 30.3 Å². The van der Waals surface area contributed by atoms with Gasteiger partial charge in [-0.05, 0) is 29.9 Å². The molecule has 0 radical (unpaired) electrons. The summed E-state index contributed by atoms with van der Waals surface area (Å²) in [6, 6.07) is 10.0. The van der Waals surface area contributed by atoms with Gasteiger partial charge in [0.1, 0.15) is 4.88 Å². The number of Topliss-reactive ketones (excluding diaryl/α,β-unsaturated/α-hetero) is 1. The molecule has 0 aliphatic heterocycles. The van der Waals surface area contributed by atoms with Gasteiger partial charge in [-0.15, -0.1) is 5.10 Å². The third-order valence-electron chi connectivity index (χ3n) is 2.63. The largest absolute Gasteiger partial charge is 0.293 e. The van der Waals surface area contributed by atoms with Crippen LogP contribution < -0.4 is 0 Å². The Morgan fingerprint density at radius 3 is 2.76 bits per heavy atom. The number of hydrogen-bond acceptors (Lipinski definition) is 4. The zero-order chi connectivity index (χ0) is 12.1. The van der Waals surface area contributed by atoms with Crippen molar-refractivity contribution in [3.63, 3.8) is 0 Å². The number of carbonyl (C=O) groups is 1. The van der Waals surface area contributed by atoms with Crippen molar-refractivity contribution < 1.29 is 4.79 Å². The van der Waals surface area contributed by atoms with E-state index in [0.29, 0.717) is 6.42 Å². The summed E-state index contributed by atoms with van der Waals surface area (Å²) in [4.78, 5) is 12.7. The van der Waals surface area contributed by atoms with E-state index in [0.717, 1.165) is 23.4 Å². The van der Waals surface area contributed by atoms with Crippen LogP contribution in [-0.2, 0) is 12.8 Å². The van der Waals surface area contributed by atoms with Gasteiger partial charge in [-0.25, -0.2) is 0 Å². The maximum absolute atomic E-state index is 12.0. The molecule has 0 amide bonds. The molecule has 2 rings (SSSR count). The van der Waals surface area contributed by atoms with E-state index in [1.807, 2.05) is 37.3 Å². The van der Waals surface area contributed by atoms with Crippen molar-refractivity contribution in [1.82, 2.24) is 9.59 Å². The van der Waals surface area contributed by atoms with Gasteiger partial charge in [0, 0.05) is 6.42 Å². The molecule has 4 heteroatoms. The van der Waals surface area contributed by atoms with E-state index in [1.165, 1.54) is 17.1 Å². The Morgan fingerprint density at radius 1 is 1.29 bits per heavy atom. The molecular formula is C13H14N2OS. The van der Waals surface area contributed by atoms with Gasteiger partial charge >= 0.3 is 0 Å². The maximum Gasteiger partial charge on any atom is 0.176 e. The fourth-order valence-electron chi connectivity index (χ4n) is 1.67. The van der Waals surface area contributed by atoms with Crippen LogP contribution in [0, 0.1) is 0 Å². The van der Waals surface area contributed by atoms with E-state index in [-0.39, 0.29) is 5.78 Å². The maximum atomic E-state index is 12.0. The Hall–Kier alpha value is -1.55. The number of ketones is 1. The SMILES string of the molecule is CCc1nnsc1C(=O)CCc1ccccc1. The van der Waals surface area contributed by atoms with Crippen LogP contribution in [-0.4, -0.2) is 15.4 Å². The molecule has 3 nitrogen and oxygen atoms in total. The highest BCUT2D eigenvalue weighted by Crippen LogP contribution is 2.15. The highest BCUT2D eigenvalue weighted by Gasteiger charge is 2.14.